The number of carbonyl (C=O) groups excluding carboxylic acids is 2. The number of aryl methyl sites for hydroxylation is 1. The molecule has 0 saturated heterocycles. The molecule has 0 fully saturated rings. The molecule has 0 bridgehead atoms. The van der Waals surface area contributed by atoms with Crippen molar-refractivity contribution in [1.82, 2.24) is 0 Å². The minimum atomic E-state index is -0.555. The lowest BCUT2D eigenvalue weighted by molar-refractivity contribution is 0.0731. The molecule has 1 heterocycles. The van der Waals surface area contributed by atoms with E-state index in [1.165, 1.54) is 7.11 Å². The van der Waals surface area contributed by atoms with Gasteiger partial charge in [0.2, 0.25) is 5.78 Å². The molecule has 4 aromatic rings. The number of methoxy groups -OCH3 is 1. The zero-order chi connectivity index (χ0) is 24.4. The molecule has 35 heavy (non-hydrogen) atoms. The summed E-state index contributed by atoms with van der Waals surface area (Å²) < 4.78 is 16.7. The van der Waals surface area contributed by atoms with E-state index in [4.69, 9.17) is 14.2 Å². The number of benzene rings is 4. The van der Waals surface area contributed by atoms with E-state index in [2.05, 4.69) is 12.1 Å². The van der Waals surface area contributed by atoms with Gasteiger partial charge in [-0.05, 0) is 53.5 Å². The van der Waals surface area contributed by atoms with Crippen LogP contribution in [0.2, 0.25) is 0 Å². The largest absolute Gasteiger partial charge is 0.496 e. The van der Waals surface area contributed by atoms with Gasteiger partial charge in [-0.3, -0.25) is 4.79 Å². The Kier molecular flexibility index (Phi) is 5.90. The van der Waals surface area contributed by atoms with Crippen molar-refractivity contribution < 1.29 is 23.8 Å². The molecule has 0 N–H and O–H groups in total. The van der Waals surface area contributed by atoms with E-state index < -0.39 is 5.97 Å². The topological polar surface area (TPSA) is 61.8 Å². The summed E-state index contributed by atoms with van der Waals surface area (Å²) in [4.78, 5) is 25.7. The fourth-order valence-corrected chi connectivity index (χ4v) is 4.07. The van der Waals surface area contributed by atoms with Crippen LogP contribution in [0.4, 0.5) is 0 Å². The van der Waals surface area contributed by atoms with Gasteiger partial charge in [-0.1, -0.05) is 66.7 Å². The monoisotopic (exact) mass is 462 g/mol. The van der Waals surface area contributed by atoms with E-state index in [1.807, 2.05) is 42.5 Å². The molecule has 0 aromatic heterocycles. The smallest absolute Gasteiger partial charge is 0.347 e. The van der Waals surface area contributed by atoms with E-state index >= 15 is 0 Å². The van der Waals surface area contributed by atoms with Gasteiger partial charge in [-0.2, -0.15) is 0 Å². The maximum absolute atomic E-state index is 13.0. The van der Waals surface area contributed by atoms with Crippen LogP contribution in [0, 0.1) is 6.92 Å². The standard InChI is InChI=1S/C30H22O5/c1-19-16-23(34-30(32)24-10-6-7-11-25(24)33-2)18-26-28(19)29(31)27(35-26)17-20-12-14-22(15-13-20)21-8-4-3-5-9-21/h3-18H,1-2H3/b27-17-. The second kappa shape index (κ2) is 9.31. The van der Waals surface area contributed by atoms with Crippen molar-refractivity contribution in [2.24, 2.45) is 0 Å². The molecule has 5 rings (SSSR count). The number of para-hydroxylation sites is 1. The molecule has 1 aliphatic heterocycles. The Hall–Kier alpha value is -4.64. The van der Waals surface area contributed by atoms with Crippen molar-refractivity contribution in [2.45, 2.75) is 6.92 Å². The predicted molar refractivity (Wildman–Crippen MR) is 134 cm³/mol. The number of esters is 1. The lowest BCUT2D eigenvalue weighted by Crippen LogP contribution is -2.10. The number of Topliss-reactive ketones (excluding diaryl/α,β-unsaturated/α-hetero) is 1. The maximum Gasteiger partial charge on any atom is 0.347 e. The Labute approximate surface area is 203 Å². The highest BCUT2D eigenvalue weighted by molar-refractivity contribution is 6.15. The number of allylic oxidation sites excluding steroid dienone is 1. The second-order valence-corrected chi connectivity index (χ2v) is 8.13. The van der Waals surface area contributed by atoms with Crippen LogP contribution >= 0.6 is 0 Å². The zero-order valence-electron chi connectivity index (χ0n) is 19.3. The van der Waals surface area contributed by atoms with Crippen LogP contribution in [0.15, 0.2) is 96.8 Å². The third-order valence-corrected chi connectivity index (χ3v) is 5.80. The van der Waals surface area contributed by atoms with Crippen molar-refractivity contribution in [1.29, 1.82) is 0 Å². The van der Waals surface area contributed by atoms with Gasteiger partial charge in [0.05, 0.1) is 12.7 Å². The van der Waals surface area contributed by atoms with Crippen LogP contribution < -0.4 is 14.2 Å². The van der Waals surface area contributed by atoms with Gasteiger partial charge in [-0.15, -0.1) is 0 Å². The van der Waals surface area contributed by atoms with E-state index in [1.54, 1.807) is 49.4 Å². The molecule has 0 spiro atoms. The highest BCUT2D eigenvalue weighted by Gasteiger charge is 2.30. The van der Waals surface area contributed by atoms with Crippen molar-refractivity contribution >= 4 is 17.8 Å². The normalized spacial score (nSPS) is 13.3. The van der Waals surface area contributed by atoms with E-state index in [9.17, 15) is 9.59 Å². The molecular formula is C30H22O5. The Morgan fingerprint density at radius 1 is 0.857 bits per heavy atom. The van der Waals surface area contributed by atoms with Gasteiger partial charge in [0, 0.05) is 6.07 Å². The van der Waals surface area contributed by atoms with Crippen molar-refractivity contribution in [2.75, 3.05) is 7.11 Å². The number of hydrogen-bond donors (Lipinski definition) is 0. The summed E-state index contributed by atoms with van der Waals surface area (Å²) >= 11 is 0. The minimum absolute atomic E-state index is 0.202. The van der Waals surface area contributed by atoms with Crippen LogP contribution in [0.1, 0.15) is 31.8 Å². The first-order chi connectivity index (χ1) is 17.0. The van der Waals surface area contributed by atoms with Crippen molar-refractivity contribution in [3.63, 3.8) is 0 Å². The van der Waals surface area contributed by atoms with E-state index in [-0.39, 0.29) is 11.5 Å². The van der Waals surface area contributed by atoms with Gasteiger partial charge < -0.3 is 14.2 Å². The molecule has 0 aliphatic carbocycles. The Morgan fingerprint density at radius 3 is 2.29 bits per heavy atom. The van der Waals surface area contributed by atoms with Crippen LogP contribution in [-0.4, -0.2) is 18.9 Å². The van der Waals surface area contributed by atoms with Gasteiger partial charge in [-0.25, -0.2) is 4.79 Å². The van der Waals surface area contributed by atoms with Gasteiger partial charge in [0.1, 0.15) is 22.8 Å². The van der Waals surface area contributed by atoms with Crippen LogP contribution in [0.25, 0.3) is 17.2 Å². The number of hydrogen-bond acceptors (Lipinski definition) is 5. The number of rotatable bonds is 5. The summed E-state index contributed by atoms with van der Waals surface area (Å²) in [6.45, 7) is 1.79. The molecule has 4 aromatic carbocycles. The highest BCUT2D eigenvalue weighted by Crippen LogP contribution is 2.38. The lowest BCUT2D eigenvalue weighted by Gasteiger charge is -2.10. The van der Waals surface area contributed by atoms with Gasteiger partial charge in [0.25, 0.3) is 0 Å². The molecule has 0 unspecified atom stereocenters. The summed E-state index contributed by atoms with van der Waals surface area (Å²) in [6, 6.07) is 28.0. The number of carbonyl (C=O) groups is 2. The summed E-state index contributed by atoms with van der Waals surface area (Å²) in [6.07, 6.45) is 1.72. The summed E-state index contributed by atoms with van der Waals surface area (Å²) in [7, 11) is 1.49. The zero-order valence-corrected chi connectivity index (χ0v) is 19.3. The summed E-state index contributed by atoms with van der Waals surface area (Å²) in [5, 5.41) is 0. The van der Waals surface area contributed by atoms with Gasteiger partial charge in [0.15, 0.2) is 5.76 Å². The molecule has 0 atom stereocenters. The first kappa shape index (κ1) is 22.2. The molecule has 172 valence electrons. The highest BCUT2D eigenvalue weighted by atomic mass is 16.5. The average Bonchev–Trinajstić information content (AvgIpc) is 3.20. The Morgan fingerprint density at radius 2 is 1.54 bits per heavy atom. The van der Waals surface area contributed by atoms with Crippen LogP contribution in [-0.2, 0) is 0 Å². The molecule has 0 amide bonds. The maximum atomic E-state index is 13.0. The molecule has 5 nitrogen and oxygen atoms in total. The van der Waals surface area contributed by atoms with Crippen LogP contribution in [0.3, 0.4) is 0 Å². The molecular weight excluding hydrogens is 440 g/mol. The fraction of sp³-hybridized carbons (Fsp3) is 0.0667. The Balaban J connectivity index is 1.37. The molecule has 5 heteroatoms. The van der Waals surface area contributed by atoms with Crippen molar-refractivity contribution in [3.05, 3.63) is 119 Å². The molecule has 0 saturated carbocycles. The Bertz CT molecular complexity index is 1450. The number of fused-ring (bicyclic) bond motifs is 1. The fourth-order valence-electron chi connectivity index (χ4n) is 4.07. The number of ether oxygens (including phenoxy) is 3. The summed E-state index contributed by atoms with van der Waals surface area (Å²) in [5.41, 5.74) is 4.50. The number of ketones is 1. The molecule has 0 radical (unpaired) electrons. The average molecular weight is 463 g/mol. The SMILES string of the molecule is COc1ccccc1C(=O)Oc1cc(C)c2c(c1)O/C(=C\c1ccc(-c3ccccc3)cc1)C2=O. The first-order valence-electron chi connectivity index (χ1n) is 11.1. The quantitative estimate of drug-likeness (QED) is 0.192. The first-order valence-corrected chi connectivity index (χ1v) is 11.1. The predicted octanol–water partition coefficient (Wildman–Crippen LogP) is 6.51. The summed E-state index contributed by atoms with van der Waals surface area (Å²) in [5.74, 6) is 0.546. The lowest BCUT2D eigenvalue weighted by atomic mass is 10.0. The third kappa shape index (κ3) is 4.44. The van der Waals surface area contributed by atoms with Crippen LogP contribution in [0.5, 0.6) is 17.2 Å². The van der Waals surface area contributed by atoms with Crippen molar-refractivity contribution in [3.8, 4) is 28.4 Å². The third-order valence-electron chi connectivity index (χ3n) is 5.80. The minimum Gasteiger partial charge on any atom is -0.496 e. The second-order valence-electron chi connectivity index (χ2n) is 8.13. The molecule has 1 aliphatic rings. The van der Waals surface area contributed by atoms with Gasteiger partial charge >= 0.3 is 5.97 Å². The van der Waals surface area contributed by atoms with E-state index in [0.717, 1.165) is 16.7 Å². The van der Waals surface area contributed by atoms with E-state index in [0.29, 0.717) is 33.9 Å².